The maximum atomic E-state index is 5.43. The predicted octanol–water partition coefficient (Wildman–Crippen LogP) is 1.95. The van der Waals surface area contributed by atoms with Crippen LogP contribution < -0.4 is 0 Å². The lowest BCUT2D eigenvalue weighted by Crippen LogP contribution is -2.31. The highest BCUT2D eigenvalue weighted by atomic mass is 16.5. The molecule has 2 aromatic rings. The summed E-state index contributed by atoms with van der Waals surface area (Å²) in [6, 6.07) is 1.92. The topological polar surface area (TPSA) is 60.0 Å². The summed E-state index contributed by atoms with van der Waals surface area (Å²) < 4.78 is 7.32. The van der Waals surface area contributed by atoms with Crippen LogP contribution in [0.25, 0.3) is 0 Å². The molecule has 0 spiro atoms. The molecular weight excluding hydrogens is 266 g/mol. The van der Waals surface area contributed by atoms with Crippen LogP contribution in [-0.4, -0.2) is 45.0 Å². The van der Waals surface area contributed by atoms with Crippen LogP contribution in [0.4, 0.5) is 0 Å². The van der Waals surface area contributed by atoms with Crippen LogP contribution in [-0.2, 0) is 13.0 Å². The molecule has 1 atom stereocenters. The Balaban J connectivity index is 1.55. The van der Waals surface area contributed by atoms with E-state index < -0.39 is 0 Å². The molecule has 2 aromatic heterocycles. The fourth-order valence-corrected chi connectivity index (χ4v) is 2.84. The number of hydrogen-bond acceptors (Lipinski definition) is 5. The summed E-state index contributed by atoms with van der Waals surface area (Å²) in [7, 11) is 2.18. The molecule has 0 bridgehead atoms. The zero-order chi connectivity index (χ0) is 14.7. The molecule has 0 radical (unpaired) electrons. The van der Waals surface area contributed by atoms with Gasteiger partial charge in [-0.15, -0.1) is 0 Å². The van der Waals surface area contributed by atoms with Crippen molar-refractivity contribution in [3.63, 3.8) is 0 Å². The average Bonchev–Trinajstić information content (AvgIpc) is 3.13. The fraction of sp³-hybridized carbons (Fsp3) is 0.667. The van der Waals surface area contributed by atoms with Crippen molar-refractivity contribution in [1.29, 1.82) is 0 Å². The highest BCUT2D eigenvalue weighted by Crippen LogP contribution is 2.21. The van der Waals surface area contributed by atoms with Crippen LogP contribution in [0.3, 0.4) is 0 Å². The van der Waals surface area contributed by atoms with Crippen molar-refractivity contribution in [3.05, 3.63) is 30.2 Å². The number of rotatable bonds is 5. The monoisotopic (exact) mass is 289 g/mol. The van der Waals surface area contributed by atoms with Crippen molar-refractivity contribution in [2.45, 2.75) is 38.6 Å². The minimum Gasteiger partial charge on any atom is -0.339 e. The van der Waals surface area contributed by atoms with E-state index >= 15 is 0 Å². The number of aromatic nitrogens is 4. The van der Waals surface area contributed by atoms with E-state index in [4.69, 9.17) is 4.52 Å². The van der Waals surface area contributed by atoms with E-state index in [1.54, 1.807) is 6.20 Å². The smallest absolute Gasteiger partial charge is 0.231 e. The SMILES string of the molecule is CC(Cn1cccn1)c1nc(CC2CCN(C)CC2)no1. The molecule has 1 aliphatic heterocycles. The lowest BCUT2D eigenvalue weighted by Gasteiger charge is -2.28. The summed E-state index contributed by atoms with van der Waals surface area (Å²) in [5.74, 6) is 2.44. The summed E-state index contributed by atoms with van der Waals surface area (Å²) in [6.45, 7) is 5.20. The Bertz CT molecular complexity index is 542. The van der Waals surface area contributed by atoms with Crippen molar-refractivity contribution >= 4 is 0 Å². The third kappa shape index (κ3) is 3.69. The Morgan fingerprint density at radius 1 is 1.38 bits per heavy atom. The van der Waals surface area contributed by atoms with Gasteiger partial charge in [0.15, 0.2) is 5.82 Å². The first kappa shape index (κ1) is 14.3. The number of nitrogens with zero attached hydrogens (tertiary/aromatic N) is 5. The van der Waals surface area contributed by atoms with E-state index in [1.807, 2.05) is 16.9 Å². The van der Waals surface area contributed by atoms with Crippen LogP contribution in [0.15, 0.2) is 23.0 Å². The van der Waals surface area contributed by atoms with Crippen LogP contribution >= 0.6 is 0 Å². The minimum atomic E-state index is 0.184. The maximum absolute atomic E-state index is 5.43. The van der Waals surface area contributed by atoms with Crippen LogP contribution in [0.5, 0.6) is 0 Å². The number of likely N-dealkylation sites (tertiary alicyclic amines) is 1. The molecule has 0 aromatic carbocycles. The Hall–Kier alpha value is -1.69. The Kier molecular flexibility index (Phi) is 4.34. The van der Waals surface area contributed by atoms with E-state index in [2.05, 4.69) is 34.1 Å². The molecule has 0 amide bonds. The van der Waals surface area contributed by atoms with Gasteiger partial charge < -0.3 is 9.42 Å². The van der Waals surface area contributed by atoms with E-state index in [9.17, 15) is 0 Å². The summed E-state index contributed by atoms with van der Waals surface area (Å²) in [5, 5.41) is 8.36. The van der Waals surface area contributed by atoms with Gasteiger partial charge in [-0.2, -0.15) is 10.1 Å². The zero-order valence-electron chi connectivity index (χ0n) is 12.8. The first-order valence-electron chi connectivity index (χ1n) is 7.69. The summed E-state index contributed by atoms with van der Waals surface area (Å²) >= 11 is 0. The zero-order valence-corrected chi connectivity index (χ0v) is 12.8. The molecule has 3 heterocycles. The van der Waals surface area contributed by atoms with Gasteiger partial charge in [0.1, 0.15) is 0 Å². The third-order valence-electron chi connectivity index (χ3n) is 4.23. The largest absolute Gasteiger partial charge is 0.339 e. The quantitative estimate of drug-likeness (QED) is 0.842. The molecule has 1 aliphatic rings. The van der Waals surface area contributed by atoms with Crippen molar-refractivity contribution < 1.29 is 4.52 Å². The second-order valence-corrected chi connectivity index (χ2v) is 6.13. The highest BCUT2D eigenvalue weighted by molar-refractivity contribution is 4.94. The predicted molar refractivity (Wildman–Crippen MR) is 78.9 cm³/mol. The van der Waals surface area contributed by atoms with Crippen LogP contribution in [0.2, 0.25) is 0 Å². The van der Waals surface area contributed by atoms with E-state index in [-0.39, 0.29) is 5.92 Å². The van der Waals surface area contributed by atoms with Gasteiger partial charge in [-0.25, -0.2) is 0 Å². The van der Waals surface area contributed by atoms with Crippen molar-refractivity contribution in [2.75, 3.05) is 20.1 Å². The van der Waals surface area contributed by atoms with Gasteiger partial charge in [0, 0.05) is 18.8 Å². The van der Waals surface area contributed by atoms with Gasteiger partial charge in [0.2, 0.25) is 5.89 Å². The Labute approximate surface area is 125 Å². The molecule has 0 N–H and O–H groups in total. The first-order chi connectivity index (χ1) is 10.2. The Morgan fingerprint density at radius 3 is 2.90 bits per heavy atom. The van der Waals surface area contributed by atoms with Gasteiger partial charge in [-0.3, -0.25) is 4.68 Å². The molecule has 0 aliphatic carbocycles. The van der Waals surface area contributed by atoms with Gasteiger partial charge >= 0.3 is 0 Å². The fourth-order valence-electron chi connectivity index (χ4n) is 2.84. The summed E-state index contributed by atoms with van der Waals surface area (Å²) in [6.07, 6.45) is 7.12. The lowest BCUT2D eigenvalue weighted by atomic mass is 9.93. The van der Waals surface area contributed by atoms with E-state index in [1.165, 1.54) is 25.9 Å². The molecular formula is C15H23N5O. The van der Waals surface area contributed by atoms with Gasteiger partial charge in [-0.05, 0) is 45.0 Å². The van der Waals surface area contributed by atoms with E-state index in [0.717, 1.165) is 18.8 Å². The molecule has 6 heteroatoms. The van der Waals surface area contributed by atoms with Gasteiger partial charge in [0.05, 0.1) is 12.5 Å². The van der Waals surface area contributed by atoms with Crippen molar-refractivity contribution in [1.82, 2.24) is 24.8 Å². The third-order valence-corrected chi connectivity index (χ3v) is 4.23. The van der Waals surface area contributed by atoms with Gasteiger partial charge in [-0.1, -0.05) is 12.1 Å². The molecule has 21 heavy (non-hydrogen) atoms. The van der Waals surface area contributed by atoms with Crippen LogP contribution in [0, 0.1) is 5.92 Å². The second kappa shape index (κ2) is 6.39. The Morgan fingerprint density at radius 2 is 2.19 bits per heavy atom. The number of piperidine rings is 1. The second-order valence-electron chi connectivity index (χ2n) is 6.13. The molecule has 1 saturated heterocycles. The maximum Gasteiger partial charge on any atom is 0.231 e. The normalized spacial score (nSPS) is 19.0. The molecule has 1 unspecified atom stereocenters. The molecule has 6 nitrogen and oxygen atoms in total. The molecule has 1 fully saturated rings. The molecule has 3 rings (SSSR count). The first-order valence-corrected chi connectivity index (χ1v) is 7.69. The summed E-state index contributed by atoms with van der Waals surface area (Å²) in [4.78, 5) is 6.95. The van der Waals surface area contributed by atoms with Gasteiger partial charge in [0.25, 0.3) is 0 Å². The summed E-state index contributed by atoms with van der Waals surface area (Å²) in [5.41, 5.74) is 0. The standard InChI is InChI=1S/C15H23N5O/c1-12(11-20-7-3-6-16-20)15-17-14(18-21-15)10-13-4-8-19(2)9-5-13/h3,6-7,12-13H,4-5,8-11H2,1-2H3. The molecule has 0 saturated carbocycles. The van der Waals surface area contributed by atoms with Crippen LogP contribution in [0.1, 0.15) is 37.4 Å². The average molecular weight is 289 g/mol. The van der Waals surface area contributed by atoms with Crippen molar-refractivity contribution in [2.24, 2.45) is 5.92 Å². The van der Waals surface area contributed by atoms with E-state index in [0.29, 0.717) is 11.8 Å². The lowest BCUT2D eigenvalue weighted by molar-refractivity contribution is 0.216. The number of hydrogen-bond donors (Lipinski definition) is 0. The highest BCUT2D eigenvalue weighted by Gasteiger charge is 2.21. The molecule has 114 valence electrons. The minimum absolute atomic E-state index is 0.184. The van der Waals surface area contributed by atoms with Crippen molar-refractivity contribution in [3.8, 4) is 0 Å².